The summed E-state index contributed by atoms with van der Waals surface area (Å²) in [4.78, 5) is 63.6. The minimum Gasteiger partial charge on any atom is -0.462 e. The van der Waals surface area contributed by atoms with Gasteiger partial charge in [0, 0.05) is 5.69 Å². The lowest BCUT2D eigenvalue weighted by Gasteiger charge is -2.24. The molecule has 35 heavy (non-hydrogen) atoms. The second-order valence-corrected chi connectivity index (χ2v) is 8.05. The van der Waals surface area contributed by atoms with Crippen LogP contribution in [0.1, 0.15) is 70.6 Å². The van der Waals surface area contributed by atoms with Crippen molar-refractivity contribution in [1.82, 2.24) is 4.90 Å². The van der Waals surface area contributed by atoms with Gasteiger partial charge in [0.2, 0.25) is 0 Å². The first kappa shape index (κ1) is 25.6. The maximum Gasteiger partial charge on any atom is 0.338 e. The van der Waals surface area contributed by atoms with E-state index in [0.717, 1.165) is 11.3 Å². The van der Waals surface area contributed by atoms with Gasteiger partial charge in [-0.3, -0.25) is 19.3 Å². The Labute approximate surface area is 203 Å². The Balaban J connectivity index is 1.60. The fourth-order valence-electron chi connectivity index (χ4n) is 3.64. The van der Waals surface area contributed by atoms with Crippen molar-refractivity contribution in [2.45, 2.75) is 45.6 Å². The van der Waals surface area contributed by atoms with Gasteiger partial charge in [0.25, 0.3) is 17.7 Å². The number of anilines is 1. The molecule has 184 valence electrons. The van der Waals surface area contributed by atoms with E-state index in [2.05, 4.69) is 5.32 Å². The Hall–Kier alpha value is -4.01. The first-order valence-electron chi connectivity index (χ1n) is 11.6. The van der Waals surface area contributed by atoms with Crippen LogP contribution in [0.3, 0.4) is 0 Å². The molecule has 0 aromatic heterocycles. The summed E-state index contributed by atoms with van der Waals surface area (Å²) >= 11 is 0. The Morgan fingerprint density at radius 2 is 1.51 bits per heavy atom. The maximum atomic E-state index is 12.8. The molecule has 3 amide bonds. The average Bonchev–Trinajstić information content (AvgIpc) is 3.12. The number of carbonyl (C=O) groups excluding carboxylic acids is 5. The first-order valence-corrected chi connectivity index (χ1v) is 11.6. The lowest BCUT2D eigenvalue weighted by molar-refractivity contribution is -0.151. The highest BCUT2D eigenvalue weighted by molar-refractivity contribution is 6.22. The van der Waals surface area contributed by atoms with E-state index in [0.29, 0.717) is 30.7 Å². The molecule has 1 aliphatic heterocycles. The van der Waals surface area contributed by atoms with Gasteiger partial charge in [-0.1, -0.05) is 38.8 Å². The Morgan fingerprint density at radius 1 is 0.886 bits per heavy atom. The second kappa shape index (κ2) is 11.9. The normalized spacial score (nSPS) is 13.3. The van der Waals surface area contributed by atoms with Gasteiger partial charge in [-0.25, -0.2) is 9.59 Å². The summed E-state index contributed by atoms with van der Waals surface area (Å²) in [5, 5.41) is 2.57. The second-order valence-electron chi connectivity index (χ2n) is 8.05. The predicted octanol–water partition coefficient (Wildman–Crippen LogP) is 3.59. The summed E-state index contributed by atoms with van der Waals surface area (Å²) in [5.74, 6) is -2.98. The number of esters is 2. The van der Waals surface area contributed by atoms with Crippen LogP contribution in [0.25, 0.3) is 0 Å². The molecule has 9 heteroatoms. The number of imide groups is 1. The zero-order valence-corrected chi connectivity index (χ0v) is 19.7. The lowest BCUT2D eigenvalue weighted by Crippen LogP contribution is -2.46. The van der Waals surface area contributed by atoms with E-state index < -0.39 is 42.3 Å². The van der Waals surface area contributed by atoms with Gasteiger partial charge in [0.15, 0.2) is 6.61 Å². The van der Waals surface area contributed by atoms with Crippen LogP contribution in [0, 0.1) is 0 Å². The molecule has 2 aromatic carbocycles. The molecule has 0 radical (unpaired) electrons. The molecule has 0 aliphatic carbocycles. The highest BCUT2D eigenvalue weighted by Gasteiger charge is 2.43. The fraction of sp³-hybridized carbons (Fsp3) is 0.346. The van der Waals surface area contributed by atoms with Crippen LogP contribution in [0.15, 0.2) is 48.5 Å². The summed E-state index contributed by atoms with van der Waals surface area (Å²) in [7, 11) is 0. The van der Waals surface area contributed by atoms with Crippen LogP contribution < -0.4 is 5.32 Å². The fourth-order valence-corrected chi connectivity index (χ4v) is 3.64. The molecule has 0 unspecified atom stereocenters. The van der Waals surface area contributed by atoms with E-state index >= 15 is 0 Å². The highest BCUT2D eigenvalue weighted by Crippen LogP contribution is 2.27. The number of nitrogens with one attached hydrogen (secondary N) is 1. The van der Waals surface area contributed by atoms with Crippen LogP contribution in [0.4, 0.5) is 5.69 Å². The number of hydrogen-bond acceptors (Lipinski definition) is 7. The summed E-state index contributed by atoms with van der Waals surface area (Å²) < 4.78 is 10.2. The summed E-state index contributed by atoms with van der Waals surface area (Å²) in [6, 6.07) is 11.4. The molecule has 1 N–H and O–H groups in total. The zero-order chi connectivity index (χ0) is 25.4. The van der Waals surface area contributed by atoms with E-state index in [-0.39, 0.29) is 17.5 Å². The molecular formula is C26H28N2O7. The molecule has 9 nitrogen and oxygen atoms in total. The number of hydrogen-bond donors (Lipinski definition) is 1. The summed E-state index contributed by atoms with van der Waals surface area (Å²) in [6.45, 7) is 3.55. The maximum absolute atomic E-state index is 12.8. The van der Waals surface area contributed by atoms with Crippen LogP contribution in [0.5, 0.6) is 0 Å². The van der Waals surface area contributed by atoms with E-state index in [9.17, 15) is 24.0 Å². The van der Waals surface area contributed by atoms with Gasteiger partial charge >= 0.3 is 11.9 Å². The quantitative estimate of drug-likeness (QED) is 0.386. The SMILES string of the molecule is CCCC[C@@H](C(=O)OCC(=O)Nc1ccc(C(=O)OCCC)cc1)N1C(=O)c2ccccc2C1=O. The van der Waals surface area contributed by atoms with E-state index in [1.54, 1.807) is 24.3 Å². The number of rotatable bonds is 11. The van der Waals surface area contributed by atoms with Crippen LogP contribution in [-0.2, 0) is 19.1 Å². The number of carbonyl (C=O) groups is 5. The van der Waals surface area contributed by atoms with Crippen molar-refractivity contribution in [3.8, 4) is 0 Å². The van der Waals surface area contributed by atoms with Gasteiger partial charge in [-0.2, -0.15) is 0 Å². The van der Waals surface area contributed by atoms with Gasteiger partial charge in [0.05, 0.1) is 23.3 Å². The molecule has 0 bridgehead atoms. The van der Waals surface area contributed by atoms with Crippen LogP contribution >= 0.6 is 0 Å². The third-order valence-electron chi connectivity index (χ3n) is 5.43. The number of nitrogens with zero attached hydrogens (tertiary/aromatic N) is 1. The third-order valence-corrected chi connectivity index (χ3v) is 5.43. The van der Waals surface area contributed by atoms with Crippen molar-refractivity contribution in [2.24, 2.45) is 0 Å². The highest BCUT2D eigenvalue weighted by atomic mass is 16.5. The minimum absolute atomic E-state index is 0.234. The molecule has 0 spiro atoms. The van der Waals surface area contributed by atoms with E-state index in [4.69, 9.17) is 9.47 Å². The van der Waals surface area contributed by atoms with E-state index in [1.165, 1.54) is 24.3 Å². The largest absolute Gasteiger partial charge is 0.462 e. The molecule has 0 saturated carbocycles. The van der Waals surface area contributed by atoms with E-state index in [1.807, 2.05) is 13.8 Å². The first-order chi connectivity index (χ1) is 16.9. The molecule has 1 heterocycles. The molecule has 1 atom stereocenters. The topological polar surface area (TPSA) is 119 Å². The minimum atomic E-state index is -1.12. The van der Waals surface area contributed by atoms with Gasteiger partial charge in [0.1, 0.15) is 6.04 Å². The van der Waals surface area contributed by atoms with Crippen molar-refractivity contribution >= 4 is 35.3 Å². The Bertz CT molecular complexity index is 1080. The summed E-state index contributed by atoms with van der Waals surface area (Å²) in [6.07, 6.45) is 2.28. The third kappa shape index (κ3) is 6.11. The molecule has 0 saturated heterocycles. The monoisotopic (exact) mass is 480 g/mol. The number of amides is 3. The average molecular weight is 481 g/mol. The molecule has 3 rings (SSSR count). The van der Waals surface area contributed by atoms with Crippen molar-refractivity contribution in [3.05, 3.63) is 65.2 Å². The molecule has 0 fully saturated rings. The number of fused-ring (bicyclic) bond motifs is 1. The molecule has 2 aromatic rings. The van der Waals surface area contributed by atoms with Gasteiger partial charge < -0.3 is 14.8 Å². The summed E-state index contributed by atoms with van der Waals surface area (Å²) in [5.41, 5.74) is 1.24. The van der Waals surface area contributed by atoms with Crippen LogP contribution in [-0.4, -0.2) is 53.8 Å². The molecule has 1 aliphatic rings. The van der Waals surface area contributed by atoms with Crippen molar-refractivity contribution in [2.75, 3.05) is 18.5 Å². The lowest BCUT2D eigenvalue weighted by atomic mass is 10.1. The smallest absolute Gasteiger partial charge is 0.338 e. The van der Waals surface area contributed by atoms with Gasteiger partial charge in [-0.15, -0.1) is 0 Å². The van der Waals surface area contributed by atoms with Crippen LogP contribution in [0.2, 0.25) is 0 Å². The Morgan fingerprint density at radius 3 is 2.09 bits per heavy atom. The number of unbranched alkanes of at least 4 members (excludes halogenated alkanes) is 1. The van der Waals surface area contributed by atoms with Gasteiger partial charge in [-0.05, 0) is 49.2 Å². The number of ether oxygens (including phenoxy) is 2. The number of benzene rings is 2. The van der Waals surface area contributed by atoms with Crippen molar-refractivity contribution in [3.63, 3.8) is 0 Å². The molecular weight excluding hydrogens is 452 g/mol. The van der Waals surface area contributed by atoms with Crippen molar-refractivity contribution < 1.29 is 33.4 Å². The standard InChI is InChI=1S/C26H28N2O7/c1-3-5-10-21(28-23(30)19-8-6-7-9-20(19)24(28)31)26(33)35-16-22(29)27-18-13-11-17(12-14-18)25(32)34-15-4-2/h6-9,11-14,21H,3-5,10,15-16H2,1-2H3,(H,27,29)/t21-/m0/s1. The van der Waals surface area contributed by atoms with Crippen molar-refractivity contribution in [1.29, 1.82) is 0 Å². The predicted molar refractivity (Wildman–Crippen MR) is 127 cm³/mol. The Kier molecular flexibility index (Phi) is 8.72. The zero-order valence-electron chi connectivity index (χ0n) is 19.7.